The summed E-state index contributed by atoms with van der Waals surface area (Å²) in [6.07, 6.45) is 4.62. The number of hydrogen-bond donors (Lipinski definition) is 1. The molecular formula is C13H23N3. The third kappa shape index (κ3) is 1.95. The van der Waals surface area contributed by atoms with Gasteiger partial charge in [-0.15, -0.1) is 0 Å². The van der Waals surface area contributed by atoms with E-state index in [1.807, 2.05) is 0 Å². The Labute approximate surface area is 98.1 Å². The molecule has 1 aromatic rings. The number of imidazole rings is 1. The predicted molar refractivity (Wildman–Crippen MR) is 67.6 cm³/mol. The Balaban J connectivity index is 2.46. The van der Waals surface area contributed by atoms with E-state index in [2.05, 4.69) is 32.3 Å². The Hall–Kier alpha value is -0.990. The zero-order valence-electron chi connectivity index (χ0n) is 10.9. The third-order valence-electron chi connectivity index (χ3n) is 3.09. The summed E-state index contributed by atoms with van der Waals surface area (Å²) >= 11 is 0. The summed E-state index contributed by atoms with van der Waals surface area (Å²) in [5, 5.41) is 0. The molecule has 2 rings (SSSR count). The summed E-state index contributed by atoms with van der Waals surface area (Å²) in [5.41, 5.74) is 7.41. The second-order valence-corrected chi connectivity index (χ2v) is 5.87. The van der Waals surface area contributed by atoms with Crippen molar-refractivity contribution in [1.29, 1.82) is 0 Å². The van der Waals surface area contributed by atoms with Crippen molar-refractivity contribution in [3.63, 3.8) is 0 Å². The van der Waals surface area contributed by atoms with Gasteiger partial charge < -0.3 is 10.3 Å². The highest BCUT2D eigenvalue weighted by atomic mass is 15.2. The van der Waals surface area contributed by atoms with Crippen LogP contribution in [-0.4, -0.2) is 9.55 Å². The van der Waals surface area contributed by atoms with Crippen LogP contribution in [0, 0.1) is 0 Å². The van der Waals surface area contributed by atoms with Crippen LogP contribution < -0.4 is 5.73 Å². The molecule has 90 valence electrons. The highest BCUT2D eigenvalue weighted by Gasteiger charge is 2.33. The lowest BCUT2D eigenvalue weighted by molar-refractivity contribution is 0.504. The zero-order chi connectivity index (χ0) is 11.9. The van der Waals surface area contributed by atoms with Crippen molar-refractivity contribution < 1.29 is 0 Å². The van der Waals surface area contributed by atoms with E-state index in [0.29, 0.717) is 6.04 Å². The molecule has 0 amide bonds. The van der Waals surface area contributed by atoms with Crippen LogP contribution in [0.5, 0.6) is 0 Å². The van der Waals surface area contributed by atoms with Gasteiger partial charge in [0.25, 0.3) is 0 Å². The Kier molecular flexibility index (Phi) is 2.72. The molecule has 1 aromatic heterocycles. The molecule has 0 saturated heterocycles. The van der Waals surface area contributed by atoms with E-state index >= 15 is 0 Å². The molecule has 3 heteroatoms. The molecule has 1 aliphatic carbocycles. The first-order valence-corrected chi connectivity index (χ1v) is 6.32. The van der Waals surface area contributed by atoms with Gasteiger partial charge in [0, 0.05) is 11.5 Å². The van der Waals surface area contributed by atoms with E-state index in [4.69, 9.17) is 10.7 Å². The molecule has 1 aliphatic rings. The fourth-order valence-corrected chi connectivity index (χ4v) is 2.14. The van der Waals surface area contributed by atoms with Crippen molar-refractivity contribution in [1.82, 2.24) is 9.55 Å². The van der Waals surface area contributed by atoms with Crippen LogP contribution in [0.4, 0.5) is 5.82 Å². The van der Waals surface area contributed by atoms with E-state index in [9.17, 15) is 0 Å². The number of nitrogen functional groups attached to an aromatic ring is 1. The minimum atomic E-state index is 0.0860. The zero-order valence-corrected chi connectivity index (χ0v) is 10.9. The van der Waals surface area contributed by atoms with Crippen molar-refractivity contribution in [2.75, 3.05) is 5.73 Å². The average molecular weight is 221 g/mol. The molecule has 0 aliphatic heterocycles. The maximum absolute atomic E-state index is 6.23. The van der Waals surface area contributed by atoms with Crippen molar-refractivity contribution >= 4 is 5.82 Å². The molecular weight excluding hydrogens is 198 g/mol. The smallest absolute Gasteiger partial charge is 0.127 e. The van der Waals surface area contributed by atoms with E-state index in [-0.39, 0.29) is 5.41 Å². The number of aromatic nitrogens is 2. The first kappa shape index (κ1) is 11.5. The molecule has 0 spiro atoms. The lowest BCUT2D eigenvalue weighted by Gasteiger charge is -2.20. The van der Waals surface area contributed by atoms with Crippen LogP contribution >= 0.6 is 0 Å². The highest BCUT2D eigenvalue weighted by Crippen LogP contribution is 2.41. The van der Waals surface area contributed by atoms with Gasteiger partial charge in [0.1, 0.15) is 11.6 Å². The van der Waals surface area contributed by atoms with E-state index in [0.717, 1.165) is 30.2 Å². The van der Waals surface area contributed by atoms with Gasteiger partial charge in [0.05, 0.1) is 5.69 Å². The quantitative estimate of drug-likeness (QED) is 0.852. The summed E-state index contributed by atoms with van der Waals surface area (Å²) in [5.74, 6) is 2.07. The van der Waals surface area contributed by atoms with Crippen LogP contribution in [-0.2, 0) is 11.8 Å². The van der Waals surface area contributed by atoms with Crippen molar-refractivity contribution in [3.05, 3.63) is 11.5 Å². The topological polar surface area (TPSA) is 43.8 Å². The molecule has 1 heterocycles. The molecule has 0 atom stereocenters. The molecule has 1 fully saturated rings. The first-order chi connectivity index (χ1) is 7.45. The average Bonchev–Trinajstić information content (AvgIpc) is 2.93. The van der Waals surface area contributed by atoms with Crippen LogP contribution in [0.25, 0.3) is 0 Å². The second kappa shape index (κ2) is 3.79. The summed E-state index contributed by atoms with van der Waals surface area (Å²) in [6.45, 7) is 8.81. The van der Waals surface area contributed by atoms with Crippen molar-refractivity contribution in [2.45, 2.75) is 64.8 Å². The molecule has 2 N–H and O–H groups in total. The molecule has 1 saturated carbocycles. The number of nitrogens with two attached hydrogens (primary N) is 1. The molecule has 0 unspecified atom stereocenters. The molecule has 0 radical (unpaired) electrons. The van der Waals surface area contributed by atoms with Crippen molar-refractivity contribution in [3.8, 4) is 0 Å². The van der Waals surface area contributed by atoms with Gasteiger partial charge in [0.15, 0.2) is 0 Å². The minimum Gasteiger partial charge on any atom is -0.384 e. The Morgan fingerprint density at radius 1 is 1.38 bits per heavy atom. The van der Waals surface area contributed by atoms with Gasteiger partial charge in [-0.25, -0.2) is 4.98 Å². The first-order valence-electron chi connectivity index (χ1n) is 6.32. The summed E-state index contributed by atoms with van der Waals surface area (Å²) in [4.78, 5) is 4.77. The lowest BCUT2D eigenvalue weighted by Crippen LogP contribution is -2.19. The Bertz CT molecular complexity index is 381. The van der Waals surface area contributed by atoms with Crippen molar-refractivity contribution in [2.24, 2.45) is 0 Å². The fourth-order valence-electron chi connectivity index (χ4n) is 2.14. The molecule has 16 heavy (non-hydrogen) atoms. The van der Waals surface area contributed by atoms with Crippen LogP contribution in [0.2, 0.25) is 0 Å². The van der Waals surface area contributed by atoms with Crippen LogP contribution in [0.1, 0.15) is 64.5 Å². The van der Waals surface area contributed by atoms with Gasteiger partial charge in [-0.1, -0.05) is 34.1 Å². The maximum Gasteiger partial charge on any atom is 0.127 e. The van der Waals surface area contributed by atoms with Gasteiger partial charge in [-0.2, -0.15) is 0 Å². The number of hydrogen-bond acceptors (Lipinski definition) is 2. The number of aryl methyl sites for hydroxylation is 1. The van der Waals surface area contributed by atoms with Gasteiger partial charge in [-0.3, -0.25) is 0 Å². The SMILES string of the molecule is CCCc1nc(C(C)(C)C)n(C2CC2)c1N. The largest absolute Gasteiger partial charge is 0.384 e. The van der Waals surface area contributed by atoms with Gasteiger partial charge in [-0.05, 0) is 19.3 Å². The predicted octanol–water partition coefficient (Wildman–Crippen LogP) is 3.05. The second-order valence-electron chi connectivity index (χ2n) is 5.87. The van der Waals surface area contributed by atoms with Crippen LogP contribution in [0.3, 0.4) is 0 Å². The number of anilines is 1. The summed E-state index contributed by atoms with van der Waals surface area (Å²) in [7, 11) is 0. The molecule has 0 bridgehead atoms. The number of rotatable bonds is 3. The highest BCUT2D eigenvalue weighted by molar-refractivity contribution is 5.41. The van der Waals surface area contributed by atoms with E-state index in [1.165, 1.54) is 12.8 Å². The van der Waals surface area contributed by atoms with Crippen LogP contribution in [0.15, 0.2) is 0 Å². The molecule has 3 nitrogen and oxygen atoms in total. The number of nitrogens with zero attached hydrogens (tertiary/aromatic N) is 2. The Morgan fingerprint density at radius 3 is 2.44 bits per heavy atom. The van der Waals surface area contributed by atoms with Gasteiger partial charge >= 0.3 is 0 Å². The summed E-state index contributed by atoms with van der Waals surface area (Å²) in [6, 6.07) is 0.618. The fraction of sp³-hybridized carbons (Fsp3) is 0.769. The third-order valence-corrected chi connectivity index (χ3v) is 3.09. The van der Waals surface area contributed by atoms with E-state index < -0.39 is 0 Å². The normalized spacial score (nSPS) is 16.8. The lowest BCUT2D eigenvalue weighted by atomic mass is 9.95. The van der Waals surface area contributed by atoms with Gasteiger partial charge in [0.2, 0.25) is 0 Å². The van der Waals surface area contributed by atoms with E-state index in [1.54, 1.807) is 0 Å². The monoisotopic (exact) mass is 221 g/mol. The molecule has 0 aromatic carbocycles. The standard InChI is InChI=1S/C13H23N3/c1-5-6-10-11(14)16(9-7-8-9)12(15-10)13(2,3)4/h9H,5-8,14H2,1-4H3. The maximum atomic E-state index is 6.23. The minimum absolute atomic E-state index is 0.0860. The Morgan fingerprint density at radius 2 is 2.00 bits per heavy atom. The summed E-state index contributed by atoms with van der Waals surface area (Å²) < 4.78 is 2.28.